The first-order valence-corrected chi connectivity index (χ1v) is 8.75. The Labute approximate surface area is 161 Å². The highest BCUT2D eigenvalue weighted by Crippen LogP contribution is 2.12. The summed E-state index contributed by atoms with van der Waals surface area (Å²) in [6, 6.07) is 13.2. The average Bonchev–Trinajstić information content (AvgIpc) is 3.21. The predicted octanol–water partition coefficient (Wildman–Crippen LogP) is 1.92. The van der Waals surface area contributed by atoms with Crippen molar-refractivity contribution in [1.29, 1.82) is 0 Å². The van der Waals surface area contributed by atoms with Crippen LogP contribution in [-0.4, -0.2) is 19.9 Å². The van der Waals surface area contributed by atoms with Crippen LogP contribution in [0.1, 0.15) is 16.9 Å². The lowest BCUT2D eigenvalue weighted by Crippen LogP contribution is -2.37. The van der Waals surface area contributed by atoms with Crippen LogP contribution in [0.2, 0.25) is 0 Å². The lowest BCUT2D eigenvalue weighted by atomic mass is 10.2. The van der Waals surface area contributed by atoms with Gasteiger partial charge in [0.25, 0.3) is 5.56 Å². The van der Waals surface area contributed by atoms with E-state index >= 15 is 0 Å². The van der Waals surface area contributed by atoms with Gasteiger partial charge in [0.1, 0.15) is 5.76 Å². The van der Waals surface area contributed by atoms with Crippen LogP contribution in [0.25, 0.3) is 6.08 Å². The van der Waals surface area contributed by atoms with E-state index in [9.17, 15) is 14.4 Å². The summed E-state index contributed by atoms with van der Waals surface area (Å²) in [7, 11) is 2.96. The van der Waals surface area contributed by atoms with Gasteiger partial charge in [-0.1, -0.05) is 30.3 Å². The fraction of sp³-hybridized carbons (Fsp3) is 0.190. The lowest BCUT2D eigenvalue weighted by Gasteiger charge is -2.20. The van der Waals surface area contributed by atoms with Gasteiger partial charge in [-0.15, -0.1) is 0 Å². The highest BCUT2D eigenvalue weighted by molar-refractivity contribution is 5.91. The highest BCUT2D eigenvalue weighted by atomic mass is 16.3. The van der Waals surface area contributed by atoms with Crippen molar-refractivity contribution in [2.24, 2.45) is 14.1 Å². The molecule has 144 valence electrons. The predicted molar refractivity (Wildman–Crippen MR) is 105 cm³/mol. The number of hydrogen-bond donors (Lipinski definition) is 0. The van der Waals surface area contributed by atoms with Gasteiger partial charge in [-0.05, 0) is 23.8 Å². The van der Waals surface area contributed by atoms with Crippen molar-refractivity contribution in [3.63, 3.8) is 0 Å². The van der Waals surface area contributed by atoms with Crippen LogP contribution in [-0.2, 0) is 32.0 Å². The van der Waals surface area contributed by atoms with Gasteiger partial charge in [-0.2, -0.15) is 0 Å². The van der Waals surface area contributed by atoms with Gasteiger partial charge in [0.15, 0.2) is 0 Å². The van der Waals surface area contributed by atoms with E-state index in [4.69, 9.17) is 4.42 Å². The zero-order valence-corrected chi connectivity index (χ0v) is 15.7. The molecule has 3 aromatic rings. The van der Waals surface area contributed by atoms with Crippen LogP contribution < -0.4 is 11.2 Å². The second kappa shape index (κ2) is 8.39. The van der Waals surface area contributed by atoms with Crippen LogP contribution in [0.4, 0.5) is 0 Å². The molecule has 0 unspecified atom stereocenters. The van der Waals surface area contributed by atoms with Crippen molar-refractivity contribution in [3.8, 4) is 0 Å². The second-order valence-corrected chi connectivity index (χ2v) is 6.43. The molecule has 0 fully saturated rings. The van der Waals surface area contributed by atoms with Gasteiger partial charge >= 0.3 is 5.69 Å². The molecule has 0 N–H and O–H groups in total. The number of rotatable bonds is 6. The van der Waals surface area contributed by atoms with Crippen molar-refractivity contribution in [2.45, 2.75) is 13.1 Å². The molecular formula is C21H21N3O4. The summed E-state index contributed by atoms with van der Waals surface area (Å²) in [5, 5.41) is 0. The molecule has 0 aliphatic heterocycles. The number of aryl methyl sites for hydroxylation is 1. The van der Waals surface area contributed by atoms with Crippen molar-refractivity contribution >= 4 is 12.0 Å². The first-order chi connectivity index (χ1) is 13.5. The topological polar surface area (TPSA) is 77.5 Å². The molecule has 0 aliphatic rings. The molecule has 7 heteroatoms. The van der Waals surface area contributed by atoms with Crippen LogP contribution in [0, 0.1) is 0 Å². The molecule has 0 radical (unpaired) electrons. The van der Waals surface area contributed by atoms with E-state index < -0.39 is 11.2 Å². The van der Waals surface area contributed by atoms with Crippen LogP contribution in [0.15, 0.2) is 75.0 Å². The SMILES string of the molecule is Cn1cc(/C=C/C(=O)N(Cc2ccccc2)Cc2ccco2)c(=O)n(C)c1=O. The molecule has 0 atom stereocenters. The monoisotopic (exact) mass is 379 g/mol. The Hall–Kier alpha value is -3.61. The summed E-state index contributed by atoms with van der Waals surface area (Å²) in [6.07, 6.45) is 5.75. The maximum absolute atomic E-state index is 12.8. The summed E-state index contributed by atoms with van der Waals surface area (Å²) in [6.45, 7) is 0.701. The molecule has 1 aromatic carbocycles. The standard InChI is InChI=1S/C21H21N3O4/c1-22-14-17(20(26)23(2)21(22)27)10-11-19(25)24(15-18-9-6-12-28-18)13-16-7-4-3-5-8-16/h3-12,14H,13,15H2,1-2H3/b11-10+. The van der Waals surface area contributed by atoms with E-state index in [1.807, 2.05) is 30.3 Å². The minimum atomic E-state index is -0.451. The maximum atomic E-state index is 12.8. The summed E-state index contributed by atoms with van der Waals surface area (Å²) in [5.41, 5.74) is 0.370. The minimum Gasteiger partial charge on any atom is -0.467 e. The summed E-state index contributed by atoms with van der Waals surface area (Å²) in [4.78, 5) is 38.5. The molecular weight excluding hydrogens is 358 g/mol. The van der Waals surface area contributed by atoms with E-state index in [1.54, 1.807) is 30.3 Å². The zero-order chi connectivity index (χ0) is 20.1. The van der Waals surface area contributed by atoms with Gasteiger partial charge in [-0.25, -0.2) is 4.79 Å². The Kier molecular flexibility index (Phi) is 5.74. The first kappa shape index (κ1) is 19.2. The Morgan fingerprint density at radius 3 is 2.50 bits per heavy atom. The van der Waals surface area contributed by atoms with Crippen molar-refractivity contribution < 1.29 is 9.21 Å². The number of carbonyl (C=O) groups excluding carboxylic acids is 1. The Morgan fingerprint density at radius 2 is 1.82 bits per heavy atom. The third-order valence-electron chi connectivity index (χ3n) is 4.33. The lowest BCUT2D eigenvalue weighted by molar-refractivity contribution is -0.127. The van der Waals surface area contributed by atoms with Crippen molar-refractivity contribution in [3.05, 3.63) is 98.7 Å². The van der Waals surface area contributed by atoms with Gasteiger partial charge in [0.2, 0.25) is 5.91 Å². The quantitative estimate of drug-likeness (QED) is 0.613. The first-order valence-electron chi connectivity index (χ1n) is 8.75. The summed E-state index contributed by atoms with van der Waals surface area (Å²) in [5.74, 6) is 0.395. The van der Waals surface area contributed by atoms with Crippen LogP contribution in [0.5, 0.6) is 0 Å². The summed E-state index contributed by atoms with van der Waals surface area (Å²) < 4.78 is 7.68. The molecule has 0 aliphatic carbocycles. The second-order valence-electron chi connectivity index (χ2n) is 6.43. The van der Waals surface area contributed by atoms with E-state index in [1.165, 1.54) is 30.0 Å². The fourth-order valence-electron chi connectivity index (χ4n) is 2.82. The molecule has 0 saturated heterocycles. The number of hydrogen-bond acceptors (Lipinski definition) is 4. The van der Waals surface area contributed by atoms with Crippen LogP contribution in [0.3, 0.4) is 0 Å². The third-order valence-corrected chi connectivity index (χ3v) is 4.33. The Morgan fingerprint density at radius 1 is 1.07 bits per heavy atom. The third kappa shape index (κ3) is 4.37. The Balaban J connectivity index is 1.85. The molecule has 7 nitrogen and oxygen atoms in total. The van der Waals surface area contributed by atoms with Crippen molar-refractivity contribution in [2.75, 3.05) is 0 Å². The molecule has 1 amide bonds. The van der Waals surface area contributed by atoms with Gasteiger partial charge < -0.3 is 13.9 Å². The minimum absolute atomic E-state index is 0.260. The number of carbonyl (C=O) groups is 1. The van der Waals surface area contributed by atoms with Gasteiger partial charge in [0, 0.05) is 32.9 Å². The molecule has 2 aromatic heterocycles. The van der Waals surface area contributed by atoms with E-state index in [2.05, 4.69) is 0 Å². The number of benzene rings is 1. The highest BCUT2D eigenvalue weighted by Gasteiger charge is 2.14. The number of furan rings is 1. The van der Waals surface area contributed by atoms with E-state index in [-0.39, 0.29) is 11.5 Å². The summed E-state index contributed by atoms with van der Waals surface area (Å²) >= 11 is 0. The molecule has 28 heavy (non-hydrogen) atoms. The smallest absolute Gasteiger partial charge is 0.330 e. The van der Waals surface area contributed by atoms with E-state index in [0.29, 0.717) is 18.8 Å². The average molecular weight is 379 g/mol. The molecule has 3 rings (SSSR count). The maximum Gasteiger partial charge on any atom is 0.330 e. The number of nitrogens with zero attached hydrogens (tertiary/aromatic N) is 3. The normalized spacial score (nSPS) is 11.1. The van der Waals surface area contributed by atoms with Gasteiger partial charge in [0.05, 0.1) is 18.4 Å². The van der Waals surface area contributed by atoms with Crippen molar-refractivity contribution in [1.82, 2.24) is 14.0 Å². The van der Waals surface area contributed by atoms with Gasteiger partial charge in [-0.3, -0.25) is 14.2 Å². The zero-order valence-electron chi connectivity index (χ0n) is 15.7. The number of amides is 1. The molecule has 0 saturated carbocycles. The fourth-order valence-corrected chi connectivity index (χ4v) is 2.82. The molecule has 2 heterocycles. The largest absolute Gasteiger partial charge is 0.467 e. The molecule has 0 spiro atoms. The number of aromatic nitrogens is 2. The molecule has 0 bridgehead atoms. The Bertz CT molecular complexity index is 1090. The van der Waals surface area contributed by atoms with E-state index in [0.717, 1.165) is 10.1 Å². The van der Waals surface area contributed by atoms with Crippen LogP contribution >= 0.6 is 0 Å².